The molecular formula is C42H47F4N3O4. The number of aryl methyl sites for hydroxylation is 2. The lowest BCUT2D eigenvalue weighted by Gasteiger charge is -2.41. The van der Waals surface area contributed by atoms with Crippen LogP contribution in [-0.2, 0) is 28.8 Å². The third kappa shape index (κ3) is 9.62. The summed E-state index contributed by atoms with van der Waals surface area (Å²) in [5.74, 6) is -2.02. The highest BCUT2D eigenvalue weighted by molar-refractivity contribution is 5.94. The van der Waals surface area contributed by atoms with Crippen molar-refractivity contribution < 1.29 is 37.0 Å². The monoisotopic (exact) mass is 733 g/mol. The van der Waals surface area contributed by atoms with Crippen LogP contribution in [0.5, 0.6) is 0 Å². The Morgan fingerprint density at radius 3 is 1.89 bits per heavy atom. The Morgan fingerprint density at radius 1 is 0.868 bits per heavy atom. The molecule has 1 unspecified atom stereocenters. The first-order chi connectivity index (χ1) is 24.7. The number of hydrogen-bond donors (Lipinski definition) is 1. The van der Waals surface area contributed by atoms with Crippen molar-refractivity contribution in [3.8, 4) is 11.1 Å². The van der Waals surface area contributed by atoms with Crippen LogP contribution in [0.2, 0.25) is 0 Å². The number of carbonyl (C=O) groups is 2. The fraction of sp³-hybridized carbons (Fsp3) is 0.405. The molecule has 282 valence electrons. The van der Waals surface area contributed by atoms with Gasteiger partial charge in [-0.2, -0.15) is 13.2 Å². The summed E-state index contributed by atoms with van der Waals surface area (Å²) in [6, 6.07) is 17.4. The molecule has 5 rings (SSSR count). The Hall–Kier alpha value is -4.77. The van der Waals surface area contributed by atoms with Gasteiger partial charge in [-0.25, -0.2) is 9.18 Å². The van der Waals surface area contributed by atoms with Gasteiger partial charge in [0.1, 0.15) is 5.82 Å². The van der Waals surface area contributed by atoms with Crippen molar-refractivity contribution in [2.45, 2.75) is 92.3 Å². The summed E-state index contributed by atoms with van der Waals surface area (Å²) in [5.41, 5.74) is 4.23. The van der Waals surface area contributed by atoms with E-state index in [0.29, 0.717) is 16.8 Å². The normalized spacial score (nSPS) is 15.3. The smallest absolute Gasteiger partial charge is 0.416 e. The number of anilines is 1. The standard InChI is InChI=1S/C42H47F4N3O4/c1-26-34(36(48-22-20-41(6,7)21-23-48)35(27(2)47-26)37(39(51)52)53-40(3,4)5)30-12-8-28(9-13-30)24-49(25-29-10-18-33(43)19-11-29)38(50)31-14-16-32(17-15-31)42(44,45)46/h8-19,37H,20-25H2,1-7H3,(H,51,52). The first-order valence-corrected chi connectivity index (χ1v) is 17.7. The molecule has 1 aliphatic rings. The van der Waals surface area contributed by atoms with E-state index >= 15 is 0 Å². The van der Waals surface area contributed by atoms with Crippen LogP contribution in [0.3, 0.4) is 0 Å². The molecule has 0 spiro atoms. The summed E-state index contributed by atoms with van der Waals surface area (Å²) in [6.07, 6.45) is -3.97. The Kier molecular flexibility index (Phi) is 11.4. The first kappa shape index (κ1) is 39.4. The molecule has 1 aromatic heterocycles. The molecule has 4 aromatic rings. The number of pyridine rings is 1. The number of ether oxygens (including phenoxy) is 1. The lowest BCUT2D eigenvalue weighted by molar-refractivity contribution is -0.160. The van der Waals surface area contributed by atoms with Crippen LogP contribution in [0.4, 0.5) is 23.2 Å². The van der Waals surface area contributed by atoms with E-state index in [2.05, 4.69) is 18.7 Å². The van der Waals surface area contributed by atoms with Gasteiger partial charge < -0.3 is 19.6 Å². The summed E-state index contributed by atoms with van der Waals surface area (Å²) < 4.78 is 59.6. The predicted molar refractivity (Wildman–Crippen MR) is 197 cm³/mol. The van der Waals surface area contributed by atoms with Crippen LogP contribution < -0.4 is 4.90 Å². The van der Waals surface area contributed by atoms with E-state index in [0.717, 1.165) is 78.3 Å². The van der Waals surface area contributed by atoms with E-state index in [1.165, 1.54) is 17.0 Å². The number of amides is 1. The molecule has 0 saturated carbocycles. The van der Waals surface area contributed by atoms with Crippen LogP contribution in [-0.4, -0.2) is 45.6 Å². The Balaban J connectivity index is 1.55. The number of nitrogens with zero attached hydrogens (tertiary/aromatic N) is 3. The van der Waals surface area contributed by atoms with Crippen LogP contribution in [0.1, 0.15) is 97.6 Å². The topological polar surface area (TPSA) is 83.0 Å². The summed E-state index contributed by atoms with van der Waals surface area (Å²) in [5, 5.41) is 10.5. The van der Waals surface area contributed by atoms with Gasteiger partial charge in [0.05, 0.1) is 16.9 Å². The molecule has 11 heteroatoms. The fourth-order valence-electron chi connectivity index (χ4n) is 6.75. The maximum atomic E-state index is 13.8. The molecule has 1 aliphatic heterocycles. The van der Waals surface area contributed by atoms with Crippen LogP contribution in [0.15, 0.2) is 72.8 Å². The molecule has 0 radical (unpaired) electrons. The highest BCUT2D eigenvalue weighted by Crippen LogP contribution is 2.45. The molecule has 0 bridgehead atoms. The average molecular weight is 734 g/mol. The van der Waals surface area contributed by atoms with Crippen molar-refractivity contribution in [2.24, 2.45) is 5.41 Å². The number of aromatic nitrogens is 1. The molecule has 1 atom stereocenters. The highest BCUT2D eigenvalue weighted by atomic mass is 19.4. The molecule has 3 aromatic carbocycles. The fourth-order valence-corrected chi connectivity index (χ4v) is 6.75. The maximum absolute atomic E-state index is 13.8. The third-order valence-electron chi connectivity index (χ3n) is 9.62. The van der Waals surface area contributed by atoms with Crippen molar-refractivity contribution in [3.05, 3.63) is 118 Å². The zero-order valence-corrected chi connectivity index (χ0v) is 31.3. The zero-order chi connectivity index (χ0) is 38.9. The number of carboxylic acids is 1. The second-order valence-corrected chi connectivity index (χ2v) is 15.6. The van der Waals surface area contributed by atoms with E-state index in [1.807, 2.05) is 58.9 Å². The molecule has 1 fully saturated rings. The van der Waals surface area contributed by atoms with Gasteiger partial charge >= 0.3 is 12.1 Å². The van der Waals surface area contributed by atoms with Crippen molar-refractivity contribution in [2.75, 3.05) is 18.0 Å². The Bertz CT molecular complexity index is 1920. The van der Waals surface area contributed by atoms with Crippen molar-refractivity contribution >= 4 is 17.6 Å². The van der Waals surface area contributed by atoms with Gasteiger partial charge in [-0.3, -0.25) is 9.78 Å². The molecule has 1 saturated heterocycles. The number of carbonyl (C=O) groups excluding carboxylic acids is 1. The summed E-state index contributed by atoms with van der Waals surface area (Å²) >= 11 is 0. The number of piperidine rings is 1. The van der Waals surface area contributed by atoms with Crippen molar-refractivity contribution in [3.63, 3.8) is 0 Å². The number of benzene rings is 3. The Morgan fingerprint density at radius 2 is 1.40 bits per heavy atom. The van der Waals surface area contributed by atoms with Gasteiger partial charge in [-0.1, -0.05) is 50.2 Å². The van der Waals surface area contributed by atoms with Gasteiger partial charge in [0, 0.05) is 54.3 Å². The summed E-state index contributed by atoms with van der Waals surface area (Å²) in [6.45, 7) is 15.3. The zero-order valence-electron chi connectivity index (χ0n) is 31.3. The molecule has 1 N–H and O–H groups in total. The Labute approximate surface area is 308 Å². The third-order valence-corrected chi connectivity index (χ3v) is 9.62. The SMILES string of the molecule is Cc1nc(C)c(C(OC(C)(C)C)C(=O)O)c(N2CCC(C)(C)CC2)c1-c1ccc(CN(Cc2ccc(F)cc2)C(=O)c2ccc(C(F)(F)F)cc2)cc1. The van der Waals surface area contributed by atoms with Crippen molar-refractivity contribution in [1.29, 1.82) is 0 Å². The second kappa shape index (κ2) is 15.3. The van der Waals surface area contributed by atoms with Crippen LogP contribution in [0.25, 0.3) is 11.1 Å². The lowest BCUT2D eigenvalue weighted by atomic mass is 9.81. The van der Waals surface area contributed by atoms with Gasteiger partial charge in [0.2, 0.25) is 0 Å². The van der Waals surface area contributed by atoms with E-state index in [1.54, 1.807) is 12.1 Å². The number of halogens is 4. The van der Waals surface area contributed by atoms with Gasteiger partial charge in [0.15, 0.2) is 6.10 Å². The minimum absolute atomic E-state index is 0.0884. The highest BCUT2D eigenvalue weighted by Gasteiger charge is 2.37. The number of rotatable bonds is 10. The summed E-state index contributed by atoms with van der Waals surface area (Å²) in [7, 11) is 0. The van der Waals surface area contributed by atoms with E-state index < -0.39 is 41.1 Å². The molecule has 2 heterocycles. The molecular weight excluding hydrogens is 686 g/mol. The molecule has 1 amide bonds. The van der Waals surface area contributed by atoms with Crippen molar-refractivity contribution in [1.82, 2.24) is 9.88 Å². The molecule has 7 nitrogen and oxygen atoms in total. The quantitative estimate of drug-likeness (QED) is 0.164. The second-order valence-electron chi connectivity index (χ2n) is 15.6. The molecule has 0 aliphatic carbocycles. The predicted octanol–water partition coefficient (Wildman–Crippen LogP) is 9.93. The lowest BCUT2D eigenvalue weighted by Crippen LogP contribution is -2.39. The van der Waals surface area contributed by atoms with Crippen LogP contribution in [0, 0.1) is 25.1 Å². The number of hydrogen-bond acceptors (Lipinski definition) is 5. The van der Waals surface area contributed by atoms with Gasteiger partial charge in [0.25, 0.3) is 5.91 Å². The van der Waals surface area contributed by atoms with Gasteiger partial charge in [-0.05, 0) is 106 Å². The number of aliphatic carboxylic acids is 1. The minimum Gasteiger partial charge on any atom is -0.479 e. The first-order valence-electron chi connectivity index (χ1n) is 17.7. The maximum Gasteiger partial charge on any atom is 0.416 e. The van der Waals surface area contributed by atoms with E-state index in [9.17, 15) is 32.3 Å². The number of alkyl halides is 3. The van der Waals surface area contributed by atoms with E-state index in [4.69, 9.17) is 9.72 Å². The van der Waals surface area contributed by atoms with Gasteiger partial charge in [-0.15, -0.1) is 0 Å². The molecule has 53 heavy (non-hydrogen) atoms. The largest absolute Gasteiger partial charge is 0.479 e. The van der Waals surface area contributed by atoms with E-state index in [-0.39, 0.29) is 24.1 Å². The average Bonchev–Trinajstić information content (AvgIpc) is 3.07. The number of carboxylic acid groups (broad SMARTS) is 1. The minimum atomic E-state index is -4.54. The summed E-state index contributed by atoms with van der Waals surface area (Å²) in [4.78, 5) is 35.2. The van der Waals surface area contributed by atoms with Crippen LogP contribution >= 0.6 is 0 Å².